The van der Waals surface area contributed by atoms with Crippen LogP contribution in [-0.4, -0.2) is 30.3 Å². The molecule has 154 valence electrons. The number of aromatic nitrogens is 1. The minimum Gasteiger partial charge on any atom is -0.493 e. The molecule has 1 N–H and O–H groups in total. The van der Waals surface area contributed by atoms with E-state index < -0.39 is 5.97 Å². The van der Waals surface area contributed by atoms with E-state index in [1.807, 2.05) is 42.5 Å². The number of hydrogen-bond donors (Lipinski definition) is 1. The number of carbonyl (C=O) groups is 1. The molecule has 1 unspecified atom stereocenters. The van der Waals surface area contributed by atoms with Crippen LogP contribution < -0.4 is 9.47 Å². The van der Waals surface area contributed by atoms with Crippen molar-refractivity contribution >= 4 is 40.1 Å². The summed E-state index contributed by atoms with van der Waals surface area (Å²) in [6.45, 7) is 2.12. The van der Waals surface area contributed by atoms with E-state index in [2.05, 4.69) is 6.92 Å². The molecule has 30 heavy (non-hydrogen) atoms. The number of fused-ring (bicyclic) bond motifs is 2. The van der Waals surface area contributed by atoms with Crippen LogP contribution in [0.15, 0.2) is 36.4 Å². The first-order valence-electron chi connectivity index (χ1n) is 9.70. The normalized spacial score (nSPS) is 17.1. The Labute approximate surface area is 179 Å². The highest BCUT2D eigenvalue weighted by Crippen LogP contribution is 2.41. The van der Waals surface area contributed by atoms with Gasteiger partial charge in [0.25, 0.3) is 0 Å². The Morgan fingerprint density at radius 2 is 1.97 bits per heavy atom. The van der Waals surface area contributed by atoms with Crippen LogP contribution in [0.2, 0.25) is 5.02 Å². The molecule has 6 heteroatoms. The number of rotatable bonds is 4. The Balaban J connectivity index is 1.95. The molecular weight excluding hydrogens is 402 g/mol. The van der Waals surface area contributed by atoms with E-state index in [9.17, 15) is 9.90 Å². The standard InChI is InChI=1S/C24H22ClNO4/c1-13-8-15(10-14-11-18(25)23(30-3)20(12-14)29-2)22-17(9-13)21(24(27)28)16-6-4-5-7-19(16)26-22/h4-7,10-13H,8-9H2,1-3H3,(H,27,28). The third-order valence-electron chi connectivity index (χ3n) is 5.43. The number of methoxy groups -OCH3 is 2. The van der Waals surface area contributed by atoms with E-state index in [1.54, 1.807) is 14.2 Å². The van der Waals surface area contributed by atoms with Crippen LogP contribution in [0.5, 0.6) is 11.5 Å². The molecule has 1 atom stereocenters. The maximum absolute atomic E-state index is 12.2. The molecule has 1 heterocycles. The lowest BCUT2D eigenvalue weighted by Gasteiger charge is -2.26. The van der Waals surface area contributed by atoms with Crippen molar-refractivity contribution in [3.05, 3.63) is 63.8 Å². The summed E-state index contributed by atoms with van der Waals surface area (Å²) in [4.78, 5) is 17.0. The van der Waals surface area contributed by atoms with Crippen LogP contribution in [0.3, 0.4) is 0 Å². The summed E-state index contributed by atoms with van der Waals surface area (Å²) >= 11 is 6.38. The fourth-order valence-corrected chi connectivity index (χ4v) is 4.50. The SMILES string of the molecule is COc1cc(C=C2CC(C)Cc3c2nc2ccccc2c3C(=O)O)cc(Cl)c1OC. The molecule has 0 saturated carbocycles. The zero-order valence-corrected chi connectivity index (χ0v) is 17.8. The van der Waals surface area contributed by atoms with Gasteiger partial charge in [0.1, 0.15) is 0 Å². The van der Waals surface area contributed by atoms with E-state index in [1.165, 1.54) is 0 Å². The second-order valence-electron chi connectivity index (χ2n) is 7.56. The van der Waals surface area contributed by atoms with Gasteiger partial charge in [0.05, 0.1) is 36.0 Å². The quantitative estimate of drug-likeness (QED) is 0.580. The largest absolute Gasteiger partial charge is 0.493 e. The van der Waals surface area contributed by atoms with Gasteiger partial charge in [-0.15, -0.1) is 0 Å². The molecule has 1 aliphatic rings. The first kappa shape index (κ1) is 20.2. The third-order valence-corrected chi connectivity index (χ3v) is 5.71. The highest BCUT2D eigenvalue weighted by Gasteiger charge is 2.28. The number of para-hydroxylation sites is 1. The number of halogens is 1. The van der Waals surface area contributed by atoms with Crippen molar-refractivity contribution in [3.8, 4) is 11.5 Å². The van der Waals surface area contributed by atoms with Crippen molar-refractivity contribution in [1.29, 1.82) is 0 Å². The Morgan fingerprint density at radius 1 is 1.20 bits per heavy atom. The highest BCUT2D eigenvalue weighted by atomic mass is 35.5. The fraction of sp³-hybridized carbons (Fsp3) is 0.250. The Bertz CT molecular complexity index is 1190. The van der Waals surface area contributed by atoms with Gasteiger partial charge in [0.15, 0.2) is 11.5 Å². The van der Waals surface area contributed by atoms with Crippen LogP contribution >= 0.6 is 11.6 Å². The molecular formula is C24H22ClNO4. The molecule has 0 aliphatic heterocycles. The van der Waals surface area contributed by atoms with E-state index in [-0.39, 0.29) is 0 Å². The molecule has 0 saturated heterocycles. The van der Waals surface area contributed by atoms with Crippen LogP contribution in [0.25, 0.3) is 22.6 Å². The Hall–Kier alpha value is -3.05. The van der Waals surface area contributed by atoms with E-state index in [0.29, 0.717) is 45.3 Å². The van der Waals surface area contributed by atoms with Crippen LogP contribution in [0.1, 0.15) is 40.5 Å². The summed E-state index contributed by atoms with van der Waals surface area (Å²) in [5.41, 5.74) is 4.39. The number of pyridine rings is 1. The summed E-state index contributed by atoms with van der Waals surface area (Å²) in [6.07, 6.45) is 3.48. The van der Waals surface area contributed by atoms with Gasteiger partial charge in [-0.05, 0) is 59.7 Å². The van der Waals surface area contributed by atoms with Gasteiger partial charge < -0.3 is 14.6 Å². The topological polar surface area (TPSA) is 68.7 Å². The zero-order chi connectivity index (χ0) is 21.4. The first-order chi connectivity index (χ1) is 14.4. The van der Waals surface area contributed by atoms with Gasteiger partial charge >= 0.3 is 5.97 Å². The number of carboxylic acids is 1. The smallest absolute Gasteiger partial charge is 0.336 e. The maximum atomic E-state index is 12.2. The summed E-state index contributed by atoms with van der Waals surface area (Å²) in [5, 5.41) is 11.1. The second-order valence-corrected chi connectivity index (χ2v) is 7.96. The van der Waals surface area contributed by atoms with Gasteiger partial charge in [-0.2, -0.15) is 0 Å². The minimum atomic E-state index is -0.924. The number of hydrogen-bond acceptors (Lipinski definition) is 4. The molecule has 0 bridgehead atoms. The number of ether oxygens (including phenoxy) is 2. The lowest BCUT2D eigenvalue weighted by Crippen LogP contribution is -2.17. The molecule has 4 rings (SSSR count). The van der Waals surface area contributed by atoms with Crippen molar-refractivity contribution in [3.63, 3.8) is 0 Å². The van der Waals surface area contributed by atoms with Crippen LogP contribution in [-0.2, 0) is 6.42 Å². The molecule has 3 aromatic rings. The van der Waals surface area contributed by atoms with Crippen LogP contribution in [0, 0.1) is 5.92 Å². The molecule has 0 fully saturated rings. The van der Waals surface area contributed by atoms with Crippen molar-refractivity contribution in [2.75, 3.05) is 14.2 Å². The Morgan fingerprint density at radius 3 is 2.67 bits per heavy atom. The van der Waals surface area contributed by atoms with Gasteiger partial charge in [-0.1, -0.05) is 36.7 Å². The van der Waals surface area contributed by atoms with Crippen molar-refractivity contribution in [2.24, 2.45) is 5.92 Å². The molecule has 0 amide bonds. The maximum Gasteiger partial charge on any atom is 0.336 e. The number of nitrogens with zero attached hydrogens (tertiary/aromatic N) is 1. The summed E-state index contributed by atoms with van der Waals surface area (Å²) < 4.78 is 10.7. The molecule has 1 aromatic heterocycles. The highest BCUT2D eigenvalue weighted by molar-refractivity contribution is 6.32. The second kappa shape index (κ2) is 8.00. The van der Waals surface area contributed by atoms with Gasteiger partial charge in [0.2, 0.25) is 0 Å². The first-order valence-corrected chi connectivity index (χ1v) is 10.1. The predicted octanol–water partition coefficient (Wildman–Crippen LogP) is 5.73. The number of allylic oxidation sites excluding steroid dienone is 1. The van der Waals surface area contributed by atoms with Crippen molar-refractivity contribution in [2.45, 2.75) is 19.8 Å². The number of carboxylic acid groups (broad SMARTS) is 1. The van der Waals surface area contributed by atoms with Crippen molar-refractivity contribution < 1.29 is 19.4 Å². The summed E-state index contributed by atoms with van der Waals surface area (Å²) in [7, 11) is 3.11. The summed E-state index contributed by atoms with van der Waals surface area (Å²) in [6, 6.07) is 11.1. The molecule has 0 spiro atoms. The van der Waals surface area contributed by atoms with Gasteiger partial charge in [0, 0.05) is 5.39 Å². The van der Waals surface area contributed by atoms with Crippen molar-refractivity contribution in [1.82, 2.24) is 4.98 Å². The minimum absolute atomic E-state index is 0.292. The predicted molar refractivity (Wildman–Crippen MR) is 119 cm³/mol. The van der Waals surface area contributed by atoms with Crippen LogP contribution in [0.4, 0.5) is 0 Å². The fourth-order valence-electron chi connectivity index (χ4n) is 4.20. The Kier molecular flexibility index (Phi) is 5.39. The van der Waals surface area contributed by atoms with Gasteiger partial charge in [-0.25, -0.2) is 9.78 Å². The lowest BCUT2D eigenvalue weighted by atomic mass is 9.80. The summed E-state index contributed by atoms with van der Waals surface area (Å²) in [5.74, 6) is 0.391. The zero-order valence-electron chi connectivity index (χ0n) is 17.0. The third kappa shape index (κ3) is 3.50. The molecule has 1 aliphatic carbocycles. The number of benzene rings is 2. The van der Waals surface area contributed by atoms with Gasteiger partial charge in [-0.3, -0.25) is 0 Å². The molecule has 2 aromatic carbocycles. The monoisotopic (exact) mass is 423 g/mol. The van der Waals surface area contributed by atoms with E-state index >= 15 is 0 Å². The molecule has 5 nitrogen and oxygen atoms in total. The number of aromatic carboxylic acids is 1. The average Bonchev–Trinajstić information content (AvgIpc) is 2.71. The molecule has 0 radical (unpaired) electrons. The average molecular weight is 424 g/mol. The lowest BCUT2D eigenvalue weighted by molar-refractivity contribution is 0.0697. The van der Waals surface area contributed by atoms with E-state index in [0.717, 1.165) is 28.8 Å². The van der Waals surface area contributed by atoms with E-state index in [4.69, 9.17) is 26.1 Å².